The molecule has 2 aliphatic rings. The van der Waals surface area contributed by atoms with Crippen LogP contribution < -0.4 is 0 Å². The van der Waals surface area contributed by atoms with Crippen LogP contribution in [0, 0.1) is 6.92 Å². The van der Waals surface area contributed by atoms with Crippen LogP contribution in [-0.4, -0.2) is 21.8 Å². The van der Waals surface area contributed by atoms with Crippen LogP contribution in [0.4, 0.5) is 18.0 Å². The zero-order chi connectivity index (χ0) is 24.3. The maximum absolute atomic E-state index is 14.4. The Balaban J connectivity index is 1.98. The molecule has 33 heavy (non-hydrogen) atoms. The number of carbonyl (C=O) groups excluding carboxylic acids is 2. The number of alkyl halides is 3. The lowest BCUT2D eigenvalue weighted by molar-refractivity contribution is -0.137. The molecule has 7 heteroatoms. The van der Waals surface area contributed by atoms with Crippen molar-refractivity contribution in [2.24, 2.45) is 0 Å². The average molecular weight is 476 g/mol. The van der Waals surface area contributed by atoms with Crippen molar-refractivity contribution < 1.29 is 22.8 Å². The lowest BCUT2D eigenvalue weighted by Crippen LogP contribution is -2.34. The average Bonchev–Trinajstić information content (AvgIpc) is 3.02. The molecule has 1 aliphatic heterocycles. The Morgan fingerprint density at radius 3 is 2.15 bits per heavy atom. The summed E-state index contributed by atoms with van der Waals surface area (Å²) >= 11 is 0.922. The molecule has 0 bridgehead atoms. The Hall–Kier alpha value is -2.28. The Bertz CT molecular complexity index is 1130. The van der Waals surface area contributed by atoms with E-state index >= 15 is 0 Å². The van der Waals surface area contributed by atoms with Gasteiger partial charge in [-0.15, -0.1) is 0 Å². The number of hydrogen-bond donors (Lipinski definition) is 0. The third-order valence-electron chi connectivity index (χ3n) is 7.09. The minimum Gasteiger partial charge on any atom is -0.273 e. The topological polar surface area (TPSA) is 37.4 Å². The number of rotatable bonds is 3. The molecule has 0 aromatic heterocycles. The third-order valence-corrected chi connectivity index (χ3v) is 7.95. The van der Waals surface area contributed by atoms with Crippen molar-refractivity contribution in [3.05, 3.63) is 58.1 Å². The van der Waals surface area contributed by atoms with Crippen LogP contribution in [0.5, 0.6) is 0 Å². The second-order valence-corrected chi connectivity index (χ2v) is 11.3. The number of imide groups is 1. The Kier molecular flexibility index (Phi) is 5.71. The van der Waals surface area contributed by atoms with Crippen LogP contribution in [0.25, 0.3) is 11.1 Å². The lowest BCUT2D eigenvalue weighted by Gasteiger charge is -2.42. The summed E-state index contributed by atoms with van der Waals surface area (Å²) in [7, 11) is 0. The number of aryl methyl sites for hydroxylation is 1. The molecule has 0 radical (unpaired) electrons. The highest BCUT2D eigenvalue weighted by atomic mass is 32.2. The molecule has 1 heterocycles. The Morgan fingerprint density at radius 2 is 1.61 bits per heavy atom. The highest BCUT2D eigenvalue weighted by molar-refractivity contribution is 8.14. The quantitative estimate of drug-likeness (QED) is 0.470. The third kappa shape index (κ3) is 4.20. The first-order chi connectivity index (χ1) is 15.2. The van der Waals surface area contributed by atoms with Crippen molar-refractivity contribution in [1.29, 1.82) is 0 Å². The van der Waals surface area contributed by atoms with Gasteiger partial charge in [0.1, 0.15) is 0 Å². The lowest BCUT2D eigenvalue weighted by atomic mass is 9.62. The van der Waals surface area contributed by atoms with Crippen molar-refractivity contribution in [2.75, 3.05) is 5.75 Å². The van der Waals surface area contributed by atoms with E-state index in [4.69, 9.17) is 0 Å². The van der Waals surface area contributed by atoms with Crippen molar-refractivity contribution in [2.45, 2.75) is 71.0 Å². The van der Waals surface area contributed by atoms with Gasteiger partial charge in [0, 0.05) is 0 Å². The van der Waals surface area contributed by atoms with Gasteiger partial charge >= 0.3 is 6.18 Å². The molecule has 0 unspecified atom stereocenters. The van der Waals surface area contributed by atoms with Gasteiger partial charge in [-0.3, -0.25) is 14.5 Å². The van der Waals surface area contributed by atoms with Crippen molar-refractivity contribution >= 4 is 22.9 Å². The van der Waals surface area contributed by atoms with Crippen molar-refractivity contribution in [3.63, 3.8) is 0 Å². The molecule has 2 aromatic carbocycles. The molecule has 0 spiro atoms. The number of fused-ring (bicyclic) bond motifs is 1. The molecule has 1 aliphatic carbocycles. The van der Waals surface area contributed by atoms with Crippen molar-refractivity contribution in [1.82, 2.24) is 4.90 Å². The number of halogens is 3. The molecular weight excluding hydrogens is 447 g/mol. The van der Waals surface area contributed by atoms with Gasteiger partial charge in [-0.05, 0) is 76.1 Å². The number of benzene rings is 2. The fourth-order valence-corrected chi connectivity index (χ4v) is 5.73. The summed E-state index contributed by atoms with van der Waals surface area (Å²) in [6, 6.07) is 8.29. The standard InChI is InChI=1S/C26H28F3NO2S/c1-15-7-6-8-16(13-30-21(31)14-33-23(30)32)22(15)17-11-19-20(12-18(17)26(27,28)29)25(4,5)10-9-24(19,2)3/h6-8,11-12H,9-10,13-14H2,1-5H3. The van der Waals surface area contributed by atoms with E-state index in [-0.39, 0.29) is 39.8 Å². The van der Waals surface area contributed by atoms with E-state index in [1.54, 1.807) is 31.2 Å². The van der Waals surface area contributed by atoms with E-state index in [0.29, 0.717) is 16.7 Å². The summed E-state index contributed by atoms with van der Waals surface area (Å²) in [6.07, 6.45) is -2.85. The number of nitrogens with zero attached hydrogens (tertiary/aromatic N) is 1. The molecule has 3 nitrogen and oxygen atoms in total. The van der Waals surface area contributed by atoms with Crippen LogP contribution in [-0.2, 0) is 28.3 Å². The maximum atomic E-state index is 14.4. The molecule has 1 fully saturated rings. The zero-order valence-corrected chi connectivity index (χ0v) is 20.3. The van der Waals surface area contributed by atoms with Gasteiger partial charge < -0.3 is 0 Å². The summed E-state index contributed by atoms with van der Waals surface area (Å²) in [5, 5.41) is -0.364. The molecule has 1 saturated heterocycles. The fraction of sp³-hybridized carbons (Fsp3) is 0.462. The van der Waals surface area contributed by atoms with Crippen LogP contribution in [0.2, 0.25) is 0 Å². The van der Waals surface area contributed by atoms with Gasteiger partial charge in [-0.2, -0.15) is 13.2 Å². The molecule has 0 atom stereocenters. The number of thioether (sulfide) groups is 1. The number of carbonyl (C=O) groups is 2. The highest BCUT2D eigenvalue weighted by Crippen LogP contribution is 2.50. The van der Waals surface area contributed by atoms with Gasteiger partial charge in [-0.1, -0.05) is 57.7 Å². The Labute approximate surface area is 196 Å². The van der Waals surface area contributed by atoms with Gasteiger partial charge in [-0.25, -0.2) is 0 Å². The largest absolute Gasteiger partial charge is 0.417 e. The summed E-state index contributed by atoms with van der Waals surface area (Å²) < 4.78 is 43.3. The fourth-order valence-electron chi connectivity index (χ4n) is 5.01. The second kappa shape index (κ2) is 7.90. The molecule has 4 rings (SSSR count). The van der Waals surface area contributed by atoms with E-state index in [0.717, 1.165) is 40.6 Å². The molecule has 2 amide bonds. The number of hydrogen-bond acceptors (Lipinski definition) is 3. The highest BCUT2D eigenvalue weighted by Gasteiger charge is 2.42. The van der Waals surface area contributed by atoms with E-state index < -0.39 is 11.7 Å². The second-order valence-electron chi connectivity index (χ2n) is 10.4. The summed E-state index contributed by atoms with van der Waals surface area (Å²) in [5.41, 5.74) is 2.17. The first-order valence-electron chi connectivity index (χ1n) is 11.0. The van der Waals surface area contributed by atoms with Crippen LogP contribution in [0.3, 0.4) is 0 Å². The van der Waals surface area contributed by atoms with Gasteiger partial charge in [0.05, 0.1) is 17.9 Å². The van der Waals surface area contributed by atoms with Gasteiger partial charge in [0.15, 0.2) is 0 Å². The monoisotopic (exact) mass is 475 g/mol. The summed E-state index contributed by atoms with van der Waals surface area (Å²) in [4.78, 5) is 25.5. The molecule has 176 valence electrons. The molecule has 2 aromatic rings. The van der Waals surface area contributed by atoms with Crippen molar-refractivity contribution in [3.8, 4) is 11.1 Å². The number of amides is 2. The minimum atomic E-state index is -4.54. The van der Waals surface area contributed by atoms with Crippen LogP contribution >= 0.6 is 11.8 Å². The smallest absolute Gasteiger partial charge is 0.273 e. The predicted molar refractivity (Wildman–Crippen MR) is 125 cm³/mol. The van der Waals surface area contributed by atoms with Gasteiger partial charge in [0.25, 0.3) is 5.24 Å². The Morgan fingerprint density at radius 1 is 1.00 bits per heavy atom. The normalized spacial score (nSPS) is 19.7. The van der Waals surface area contributed by atoms with Gasteiger partial charge in [0.2, 0.25) is 5.91 Å². The molecule has 0 saturated carbocycles. The van der Waals surface area contributed by atoms with E-state index in [9.17, 15) is 22.8 Å². The first-order valence-corrected chi connectivity index (χ1v) is 12.0. The minimum absolute atomic E-state index is 0.0368. The summed E-state index contributed by atoms with van der Waals surface area (Å²) in [6.45, 7) is 9.90. The first kappa shape index (κ1) is 23.9. The van der Waals surface area contributed by atoms with E-state index in [1.807, 2.05) is 13.8 Å². The molecule has 0 N–H and O–H groups in total. The van der Waals surface area contributed by atoms with E-state index in [2.05, 4.69) is 13.8 Å². The van der Waals surface area contributed by atoms with Crippen LogP contribution in [0.15, 0.2) is 30.3 Å². The van der Waals surface area contributed by atoms with Crippen LogP contribution in [0.1, 0.15) is 68.4 Å². The SMILES string of the molecule is Cc1cccc(CN2C(=O)CSC2=O)c1-c1cc2c(cc1C(F)(F)F)C(C)(C)CCC2(C)C. The summed E-state index contributed by atoms with van der Waals surface area (Å²) in [5.74, 6) is -0.252. The molecular formula is C26H28F3NO2S. The zero-order valence-electron chi connectivity index (χ0n) is 19.5. The maximum Gasteiger partial charge on any atom is 0.417 e. The van der Waals surface area contributed by atoms with E-state index in [1.165, 1.54) is 6.07 Å². The predicted octanol–water partition coefficient (Wildman–Crippen LogP) is 7.23.